The molecule has 31 heavy (non-hydrogen) atoms. The molecular weight excluding hydrogens is 418 g/mol. The zero-order valence-electron chi connectivity index (χ0n) is 16.7. The van der Waals surface area contributed by atoms with E-state index < -0.39 is 0 Å². The average molecular weight is 438 g/mol. The highest BCUT2D eigenvalue weighted by molar-refractivity contribution is 6.30. The molecule has 0 saturated carbocycles. The number of anilines is 1. The molecule has 0 fully saturated rings. The van der Waals surface area contributed by atoms with E-state index in [1.807, 2.05) is 42.5 Å². The van der Waals surface area contributed by atoms with Crippen LogP contribution in [0.5, 0.6) is 11.5 Å². The molecule has 0 unspecified atom stereocenters. The molecule has 0 spiro atoms. The molecule has 158 valence electrons. The first kappa shape index (κ1) is 20.6. The van der Waals surface area contributed by atoms with Crippen LogP contribution in [0, 0.1) is 0 Å². The van der Waals surface area contributed by atoms with Crippen molar-refractivity contribution in [1.29, 1.82) is 0 Å². The second-order valence-electron chi connectivity index (χ2n) is 6.74. The van der Waals surface area contributed by atoms with Crippen LogP contribution < -0.4 is 14.8 Å². The fraction of sp³-hybridized carbons (Fsp3) is 0.130. The van der Waals surface area contributed by atoms with Crippen molar-refractivity contribution < 1.29 is 18.7 Å². The Hall–Kier alpha value is -3.71. The Morgan fingerprint density at radius 2 is 1.97 bits per heavy atom. The van der Waals surface area contributed by atoms with Crippen molar-refractivity contribution in [1.82, 2.24) is 9.78 Å². The minimum absolute atomic E-state index is 0.187. The summed E-state index contributed by atoms with van der Waals surface area (Å²) in [5.41, 5.74) is 1.58. The van der Waals surface area contributed by atoms with E-state index >= 15 is 0 Å². The molecule has 1 N–H and O–H groups in total. The molecule has 4 rings (SSSR count). The maximum atomic E-state index is 12.5. The number of amides is 1. The number of methoxy groups -OCH3 is 1. The van der Waals surface area contributed by atoms with Crippen LogP contribution in [-0.4, -0.2) is 22.8 Å². The summed E-state index contributed by atoms with van der Waals surface area (Å²) in [6.07, 6.45) is 3.33. The quantitative estimate of drug-likeness (QED) is 0.419. The van der Waals surface area contributed by atoms with Gasteiger partial charge in [0.1, 0.15) is 23.9 Å². The molecule has 0 bridgehead atoms. The Kier molecular flexibility index (Phi) is 6.24. The second-order valence-corrected chi connectivity index (χ2v) is 7.18. The van der Waals surface area contributed by atoms with Crippen LogP contribution in [0.15, 0.2) is 77.5 Å². The molecule has 2 aromatic carbocycles. The third-order valence-electron chi connectivity index (χ3n) is 4.43. The molecule has 1 amide bonds. The normalized spacial score (nSPS) is 10.6. The van der Waals surface area contributed by atoms with Gasteiger partial charge in [0.05, 0.1) is 25.5 Å². The van der Waals surface area contributed by atoms with Gasteiger partial charge in [-0.3, -0.25) is 9.48 Å². The molecule has 0 aliphatic heterocycles. The van der Waals surface area contributed by atoms with Gasteiger partial charge in [0.2, 0.25) is 0 Å². The molecule has 8 heteroatoms. The van der Waals surface area contributed by atoms with Crippen molar-refractivity contribution in [3.63, 3.8) is 0 Å². The molecule has 0 saturated heterocycles. The number of benzene rings is 2. The Labute approximate surface area is 184 Å². The number of nitrogens with one attached hydrogen (secondary N) is 1. The SMILES string of the molecule is COc1cccc(OCc2ccc(C(=O)Nc3cnn(Cc4cccc(Cl)c4)c3)o2)c1. The van der Waals surface area contributed by atoms with E-state index in [4.69, 9.17) is 25.5 Å². The summed E-state index contributed by atoms with van der Waals surface area (Å²) in [6, 6.07) is 18.1. The topological polar surface area (TPSA) is 78.5 Å². The number of halogens is 1. The Bertz CT molecular complexity index is 1180. The first-order valence-electron chi connectivity index (χ1n) is 9.53. The lowest BCUT2D eigenvalue weighted by Crippen LogP contribution is -2.10. The van der Waals surface area contributed by atoms with E-state index in [2.05, 4.69) is 10.4 Å². The van der Waals surface area contributed by atoms with Gasteiger partial charge in [-0.1, -0.05) is 29.8 Å². The number of carbonyl (C=O) groups excluding carboxylic acids is 1. The summed E-state index contributed by atoms with van der Waals surface area (Å²) >= 11 is 6.01. The van der Waals surface area contributed by atoms with E-state index in [0.717, 1.165) is 5.56 Å². The van der Waals surface area contributed by atoms with Crippen molar-refractivity contribution >= 4 is 23.2 Å². The molecular formula is C23H20ClN3O4. The first-order valence-corrected chi connectivity index (χ1v) is 9.90. The first-order chi connectivity index (χ1) is 15.1. The fourth-order valence-electron chi connectivity index (χ4n) is 2.95. The van der Waals surface area contributed by atoms with Gasteiger partial charge in [-0.15, -0.1) is 0 Å². The summed E-state index contributed by atoms with van der Waals surface area (Å²) in [4.78, 5) is 12.5. The van der Waals surface area contributed by atoms with E-state index in [1.165, 1.54) is 0 Å². The van der Waals surface area contributed by atoms with Gasteiger partial charge in [0, 0.05) is 17.3 Å². The largest absolute Gasteiger partial charge is 0.497 e. The highest BCUT2D eigenvalue weighted by atomic mass is 35.5. The Morgan fingerprint density at radius 3 is 2.81 bits per heavy atom. The fourth-order valence-corrected chi connectivity index (χ4v) is 3.17. The standard InChI is InChI=1S/C23H20ClN3O4/c1-29-19-6-3-7-20(11-19)30-15-21-8-9-22(31-21)23(28)26-18-12-25-27(14-18)13-16-4-2-5-17(24)10-16/h2-12,14H,13,15H2,1H3,(H,26,28). The minimum Gasteiger partial charge on any atom is -0.497 e. The predicted molar refractivity (Wildman–Crippen MR) is 117 cm³/mol. The number of aromatic nitrogens is 2. The van der Waals surface area contributed by atoms with E-state index in [-0.39, 0.29) is 18.3 Å². The minimum atomic E-state index is -0.366. The van der Waals surface area contributed by atoms with Crippen LogP contribution >= 0.6 is 11.6 Å². The lowest BCUT2D eigenvalue weighted by atomic mass is 10.2. The molecule has 4 aromatic rings. The number of hydrogen-bond acceptors (Lipinski definition) is 5. The molecule has 0 radical (unpaired) electrons. The Balaban J connectivity index is 1.33. The maximum Gasteiger partial charge on any atom is 0.291 e. The van der Waals surface area contributed by atoms with Crippen LogP contribution in [0.2, 0.25) is 5.02 Å². The zero-order chi connectivity index (χ0) is 21.6. The van der Waals surface area contributed by atoms with Crippen molar-refractivity contribution in [2.24, 2.45) is 0 Å². The summed E-state index contributed by atoms with van der Waals surface area (Å²) in [5.74, 6) is 1.70. The smallest absolute Gasteiger partial charge is 0.291 e. The van der Waals surface area contributed by atoms with E-state index in [9.17, 15) is 4.79 Å². The number of rotatable bonds is 8. The van der Waals surface area contributed by atoms with Gasteiger partial charge < -0.3 is 19.2 Å². The molecule has 7 nitrogen and oxygen atoms in total. The average Bonchev–Trinajstić information content (AvgIpc) is 3.42. The summed E-state index contributed by atoms with van der Waals surface area (Å²) in [5, 5.41) is 7.72. The number of furan rings is 1. The summed E-state index contributed by atoms with van der Waals surface area (Å²) < 4.78 is 18.2. The maximum absolute atomic E-state index is 12.5. The monoisotopic (exact) mass is 437 g/mol. The zero-order valence-corrected chi connectivity index (χ0v) is 17.5. The van der Waals surface area contributed by atoms with Crippen molar-refractivity contribution in [2.75, 3.05) is 12.4 Å². The van der Waals surface area contributed by atoms with Gasteiger partial charge >= 0.3 is 0 Å². The van der Waals surface area contributed by atoms with Crippen molar-refractivity contribution in [3.05, 3.63) is 95.2 Å². The van der Waals surface area contributed by atoms with E-state index in [0.29, 0.717) is 34.5 Å². The van der Waals surface area contributed by atoms with Gasteiger partial charge in [-0.05, 0) is 42.0 Å². The molecule has 2 aromatic heterocycles. The second kappa shape index (κ2) is 9.40. The number of nitrogens with zero attached hydrogens (tertiary/aromatic N) is 2. The van der Waals surface area contributed by atoms with E-state index in [1.54, 1.807) is 42.4 Å². The van der Waals surface area contributed by atoms with Crippen LogP contribution in [0.1, 0.15) is 21.9 Å². The van der Waals surface area contributed by atoms with Crippen LogP contribution in [-0.2, 0) is 13.2 Å². The predicted octanol–water partition coefficient (Wildman–Crippen LogP) is 5.02. The van der Waals surface area contributed by atoms with Crippen LogP contribution in [0.25, 0.3) is 0 Å². The molecule has 0 aliphatic rings. The molecule has 0 atom stereocenters. The third-order valence-corrected chi connectivity index (χ3v) is 4.67. The highest BCUT2D eigenvalue weighted by Crippen LogP contribution is 2.21. The van der Waals surface area contributed by atoms with Gasteiger partial charge in [-0.25, -0.2) is 0 Å². The molecule has 0 aliphatic carbocycles. The summed E-state index contributed by atoms with van der Waals surface area (Å²) in [6.45, 7) is 0.737. The lowest BCUT2D eigenvalue weighted by molar-refractivity contribution is 0.0992. The van der Waals surface area contributed by atoms with Gasteiger partial charge in [-0.2, -0.15) is 5.10 Å². The van der Waals surface area contributed by atoms with Crippen molar-refractivity contribution in [2.45, 2.75) is 13.2 Å². The van der Waals surface area contributed by atoms with Gasteiger partial charge in [0.15, 0.2) is 5.76 Å². The molecule has 2 heterocycles. The summed E-state index contributed by atoms with van der Waals surface area (Å²) in [7, 11) is 1.59. The Morgan fingerprint density at radius 1 is 1.13 bits per heavy atom. The number of hydrogen-bond donors (Lipinski definition) is 1. The van der Waals surface area contributed by atoms with Crippen LogP contribution in [0.3, 0.4) is 0 Å². The lowest BCUT2D eigenvalue weighted by Gasteiger charge is -2.06. The van der Waals surface area contributed by atoms with Crippen LogP contribution in [0.4, 0.5) is 5.69 Å². The number of ether oxygens (including phenoxy) is 2. The van der Waals surface area contributed by atoms with Gasteiger partial charge in [0.25, 0.3) is 5.91 Å². The number of carbonyl (C=O) groups is 1. The van der Waals surface area contributed by atoms with Crippen molar-refractivity contribution in [3.8, 4) is 11.5 Å². The highest BCUT2D eigenvalue weighted by Gasteiger charge is 2.13. The third kappa shape index (κ3) is 5.46.